The monoisotopic (exact) mass is 565 g/mol. The SMILES string of the molecule is CCCCCCCC/C=C(/CCCCCCCCCCCCCCCCCC(=O)O)CCCCCCCC(=O)O. The first-order chi connectivity index (χ1) is 19.6. The van der Waals surface area contributed by atoms with Crippen molar-refractivity contribution in [2.75, 3.05) is 0 Å². The molecule has 0 amide bonds. The Morgan fingerprint density at radius 2 is 0.675 bits per heavy atom. The van der Waals surface area contributed by atoms with E-state index in [-0.39, 0.29) is 0 Å². The van der Waals surface area contributed by atoms with Crippen LogP contribution in [0, 0.1) is 0 Å². The number of carboxylic acids is 2. The Bertz CT molecular complexity index is 583. The van der Waals surface area contributed by atoms with Crippen molar-refractivity contribution < 1.29 is 19.8 Å². The molecule has 0 saturated carbocycles. The second-order valence-electron chi connectivity index (χ2n) is 12.3. The molecule has 0 aromatic heterocycles. The summed E-state index contributed by atoms with van der Waals surface area (Å²) in [7, 11) is 0. The van der Waals surface area contributed by atoms with Gasteiger partial charge in [0.15, 0.2) is 0 Å². The van der Waals surface area contributed by atoms with Crippen LogP contribution in [-0.2, 0) is 9.59 Å². The van der Waals surface area contributed by atoms with Gasteiger partial charge in [-0.05, 0) is 51.4 Å². The van der Waals surface area contributed by atoms with Crippen LogP contribution < -0.4 is 0 Å². The van der Waals surface area contributed by atoms with E-state index in [2.05, 4.69) is 13.0 Å². The van der Waals surface area contributed by atoms with Gasteiger partial charge in [-0.1, -0.05) is 153 Å². The first-order valence-electron chi connectivity index (χ1n) is 17.7. The molecule has 0 rings (SSSR count). The first kappa shape index (κ1) is 38.7. The summed E-state index contributed by atoms with van der Waals surface area (Å²) >= 11 is 0. The van der Waals surface area contributed by atoms with Crippen molar-refractivity contribution in [2.24, 2.45) is 0 Å². The summed E-state index contributed by atoms with van der Waals surface area (Å²) in [5, 5.41) is 17.4. The zero-order valence-electron chi connectivity index (χ0n) is 26.7. The lowest BCUT2D eigenvalue weighted by Gasteiger charge is -2.09. The third kappa shape index (κ3) is 32.9. The highest BCUT2D eigenvalue weighted by molar-refractivity contribution is 5.66. The lowest BCUT2D eigenvalue weighted by Crippen LogP contribution is -1.93. The Labute approximate surface area is 249 Å². The molecule has 0 aromatic rings. The van der Waals surface area contributed by atoms with E-state index in [1.54, 1.807) is 5.57 Å². The third-order valence-electron chi connectivity index (χ3n) is 8.27. The molecule has 0 aromatic carbocycles. The molecule has 0 bridgehead atoms. The minimum absolute atomic E-state index is 0.323. The summed E-state index contributed by atoms with van der Waals surface area (Å²) in [6.45, 7) is 2.28. The Morgan fingerprint density at radius 3 is 1.00 bits per heavy atom. The standard InChI is InChI=1S/C36H68O4/c1-2-3-4-5-15-19-24-29-34(31-26-21-18-23-28-33-36(39)40)30-25-20-16-13-11-9-7-6-8-10-12-14-17-22-27-32-35(37)38/h29H,2-28,30-33H2,1H3,(H,37,38)(H,39,40)/b34-29-. The lowest BCUT2D eigenvalue weighted by molar-refractivity contribution is -0.138. The fourth-order valence-electron chi connectivity index (χ4n) is 5.64. The fourth-order valence-corrected chi connectivity index (χ4v) is 5.64. The number of hydrogen-bond donors (Lipinski definition) is 2. The number of carbonyl (C=O) groups is 2. The largest absolute Gasteiger partial charge is 0.481 e. The Morgan fingerprint density at radius 1 is 0.400 bits per heavy atom. The van der Waals surface area contributed by atoms with Crippen molar-refractivity contribution >= 4 is 11.9 Å². The van der Waals surface area contributed by atoms with Gasteiger partial charge in [0.25, 0.3) is 0 Å². The van der Waals surface area contributed by atoms with Gasteiger partial charge >= 0.3 is 11.9 Å². The predicted octanol–water partition coefficient (Wildman–Crippen LogP) is 12.2. The van der Waals surface area contributed by atoms with Gasteiger partial charge in [-0.2, -0.15) is 0 Å². The van der Waals surface area contributed by atoms with Crippen LogP contribution in [0.3, 0.4) is 0 Å². The Hall–Kier alpha value is -1.32. The van der Waals surface area contributed by atoms with E-state index in [9.17, 15) is 9.59 Å². The van der Waals surface area contributed by atoms with E-state index in [0.29, 0.717) is 12.8 Å². The molecule has 0 atom stereocenters. The molecule has 0 aliphatic carbocycles. The van der Waals surface area contributed by atoms with Crippen molar-refractivity contribution in [2.45, 2.75) is 206 Å². The van der Waals surface area contributed by atoms with Crippen molar-refractivity contribution in [1.82, 2.24) is 0 Å². The molecule has 4 heteroatoms. The molecule has 0 spiro atoms. The number of carboxylic acid groups (broad SMARTS) is 2. The summed E-state index contributed by atoms with van der Waals surface area (Å²) in [4.78, 5) is 21.2. The topological polar surface area (TPSA) is 74.6 Å². The maximum atomic E-state index is 10.7. The molecule has 4 nitrogen and oxygen atoms in total. The van der Waals surface area contributed by atoms with Gasteiger partial charge in [0.05, 0.1) is 0 Å². The van der Waals surface area contributed by atoms with Gasteiger partial charge in [0, 0.05) is 12.8 Å². The van der Waals surface area contributed by atoms with Gasteiger partial charge in [0.1, 0.15) is 0 Å². The number of hydrogen-bond acceptors (Lipinski definition) is 2. The molecular weight excluding hydrogens is 496 g/mol. The predicted molar refractivity (Wildman–Crippen MR) is 172 cm³/mol. The molecule has 0 aliphatic heterocycles. The van der Waals surface area contributed by atoms with Gasteiger partial charge in [-0.25, -0.2) is 0 Å². The van der Waals surface area contributed by atoms with Crippen LogP contribution in [-0.4, -0.2) is 22.2 Å². The minimum Gasteiger partial charge on any atom is -0.481 e. The van der Waals surface area contributed by atoms with E-state index < -0.39 is 11.9 Å². The van der Waals surface area contributed by atoms with Gasteiger partial charge in [0.2, 0.25) is 0 Å². The lowest BCUT2D eigenvalue weighted by atomic mass is 9.97. The van der Waals surface area contributed by atoms with Gasteiger partial charge < -0.3 is 10.2 Å². The molecular formula is C36H68O4. The maximum absolute atomic E-state index is 10.7. The fraction of sp³-hybridized carbons (Fsp3) is 0.889. The average molecular weight is 565 g/mol. The van der Waals surface area contributed by atoms with Crippen LogP contribution in [0.25, 0.3) is 0 Å². The summed E-state index contributed by atoms with van der Waals surface area (Å²) in [5.41, 5.74) is 1.69. The van der Waals surface area contributed by atoms with E-state index >= 15 is 0 Å². The zero-order valence-corrected chi connectivity index (χ0v) is 26.7. The highest BCUT2D eigenvalue weighted by Gasteiger charge is 2.02. The molecule has 0 unspecified atom stereocenters. The molecule has 0 saturated heterocycles. The summed E-state index contributed by atoms with van der Waals surface area (Å²) < 4.78 is 0. The zero-order chi connectivity index (χ0) is 29.4. The third-order valence-corrected chi connectivity index (χ3v) is 8.27. The van der Waals surface area contributed by atoms with Crippen molar-refractivity contribution in [3.63, 3.8) is 0 Å². The van der Waals surface area contributed by atoms with Crippen LogP contribution in [0.2, 0.25) is 0 Å². The number of aliphatic carboxylic acids is 2. The quantitative estimate of drug-likeness (QED) is 0.0614. The highest BCUT2D eigenvalue weighted by atomic mass is 16.4. The molecule has 0 aliphatic rings. The first-order valence-corrected chi connectivity index (χ1v) is 17.7. The average Bonchev–Trinajstić information content (AvgIpc) is 2.92. The second kappa shape index (κ2) is 32.2. The molecule has 0 fully saturated rings. The van der Waals surface area contributed by atoms with Crippen LogP contribution in [0.4, 0.5) is 0 Å². The number of allylic oxidation sites excluding steroid dienone is 2. The smallest absolute Gasteiger partial charge is 0.303 e. The minimum atomic E-state index is -0.661. The Kier molecular flexibility index (Phi) is 31.1. The highest BCUT2D eigenvalue weighted by Crippen LogP contribution is 2.21. The molecule has 40 heavy (non-hydrogen) atoms. The summed E-state index contributed by atoms with van der Waals surface area (Å²) in [6, 6.07) is 0. The van der Waals surface area contributed by atoms with Crippen LogP contribution in [0.15, 0.2) is 11.6 Å². The van der Waals surface area contributed by atoms with Crippen molar-refractivity contribution in [1.29, 1.82) is 0 Å². The van der Waals surface area contributed by atoms with Crippen molar-refractivity contribution in [3.8, 4) is 0 Å². The van der Waals surface area contributed by atoms with Crippen LogP contribution in [0.1, 0.15) is 206 Å². The number of rotatable bonds is 33. The van der Waals surface area contributed by atoms with Gasteiger partial charge in [-0.3, -0.25) is 9.59 Å². The van der Waals surface area contributed by atoms with E-state index in [4.69, 9.17) is 10.2 Å². The van der Waals surface area contributed by atoms with E-state index in [1.165, 1.54) is 161 Å². The Balaban J connectivity index is 3.78. The molecule has 2 N–H and O–H groups in total. The molecule has 0 radical (unpaired) electrons. The van der Waals surface area contributed by atoms with E-state index in [0.717, 1.165) is 25.7 Å². The maximum Gasteiger partial charge on any atom is 0.303 e. The normalized spacial score (nSPS) is 11.8. The van der Waals surface area contributed by atoms with Crippen LogP contribution >= 0.6 is 0 Å². The second-order valence-corrected chi connectivity index (χ2v) is 12.3. The van der Waals surface area contributed by atoms with Crippen molar-refractivity contribution in [3.05, 3.63) is 11.6 Å². The summed E-state index contributed by atoms with van der Waals surface area (Å²) in [5.74, 6) is -1.32. The molecule has 0 heterocycles. The molecule has 236 valence electrons. The van der Waals surface area contributed by atoms with Crippen LogP contribution in [0.5, 0.6) is 0 Å². The number of unbranched alkanes of at least 4 members (excludes halogenated alkanes) is 24. The summed E-state index contributed by atoms with van der Waals surface area (Å²) in [6.07, 6.45) is 40.2. The van der Waals surface area contributed by atoms with E-state index in [1.807, 2.05) is 0 Å². The van der Waals surface area contributed by atoms with Gasteiger partial charge in [-0.15, -0.1) is 0 Å².